The Hall–Kier alpha value is -0.990. The highest BCUT2D eigenvalue weighted by Crippen LogP contribution is 2.19. The van der Waals surface area contributed by atoms with Gasteiger partial charge in [-0.1, -0.05) is 6.07 Å². The van der Waals surface area contributed by atoms with Crippen molar-refractivity contribution in [2.75, 3.05) is 17.8 Å². The summed E-state index contributed by atoms with van der Waals surface area (Å²) >= 11 is 1.58. The Morgan fingerprint density at radius 3 is 2.81 bits per heavy atom. The van der Waals surface area contributed by atoms with E-state index in [0.29, 0.717) is 12.0 Å². The molecule has 0 spiro atoms. The predicted molar refractivity (Wildman–Crippen MR) is 66.2 cm³/mol. The van der Waals surface area contributed by atoms with Gasteiger partial charge >= 0.3 is 0 Å². The van der Waals surface area contributed by atoms with E-state index in [-0.39, 0.29) is 5.75 Å². The lowest BCUT2D eigenvalue weighted by Crippen LogP contribution is -2.03. The summed E-state index contributed by atoms with van der Waals surface area (Å²) in [6.07, 6.45) is 1.88. The Labute approximate surface area is 100 Å². The number of hydrogen-bond acceptors (Lipinski definition) is 4. The fraction of sp³-hybridized carbons (Fsp3) is 0.364. The van der Waals surface area contributed by atoms with Crippen molar-refractivity contribution >= 4 is 21.6 Å². The minimum atomic E-state index is -2.86. The number of hydrogen-bond donors (Lipinski definition) is 0. The van der Waals surface area contributed by atoms with Gasteiger partial charge in [-0.05, 0) is 30.4 Å². The van der Waals surface area contributed by atoms with Crippen LogP contribution in [0.4, 0.5) is 0 Å². The quantitative estimate of drug-likeness (QED) is 0.597. The van der Waals surface area contributed by atoms with E-state index in [4.69, 9.17) is 5.26 Å². The van der Waals surface area contributed by atoms with Crippen LogP contribution in [0.2, 0.25) is 0 Å². The molecule has 0 radical (unpaired) electrons. The van der Waals surface area contributed by atoms with Crippen LogP contribution >= 0.6 is 11.8 Å². The first kappa shape index (κ1) is 13.1. The van der Waals surface area contributed by atoms with Crippen LogP contribution < -0.4 is 0 Å². The molecule has 0 aliphatic heterocycles. The van der Waals surface area contributed by atoms with Crippen LogP contribution in [-0.2, 0) is 9.84 Å². The average molecular weight is 255 g/mol. The van der Waals surface area contributed by atoms with Gasteiger partial charge in [0, 0.05) is 11.2 Å². The zero-order chi connectivity index (χ0) is 12.0. The van der Waals surface area contributed by atoms with Crippen molar-refractivity contribution in [1.82, 2.24) is 0 Å². The largest absolute Gasteiger partial charge is 0.229 e. The second-order valence-electron chi connectivity index (χ2n) is 3.47. The summed E-state index contributed by atoms with van der Waals surface area (Å²) in [6, 6.07) is 9.39. The van der Waals surface area contributed by atoms with Crippen molar-refractivity contribution in [3.8, 4) is 6.07 Å². The molecule has 86 valence electrons. The number of rotatable bonds is 5. The molecule has 0 atom stereocenters. The Morgan fingerprint density at radius 1 is 1.44 bits per heavy atom. The molecule has 0 aromatic heterocycles. The van der Waals surface area contributed by atoms with Gasteiger partial charge in [-0.3, -0.25) is 0 Å². The lowest BCUT2D eigenvalue weighted by molar-refractivity contribution is 0.600. The second-order valence-corrected chi connectivity index (χ2v) is 6.90. The molecule has 0 amide bonds. The van der Waals surface area contributed by atoms with Crippen molar-refractivity contribution in [2.24, 2.45) is 0 Å². The highest BCUT2D eigenvalue weighted by atomic mass is 32.2. The van der Waals surface area contributed by atoms with Crippen LogP contribution in [-0.4, -0.2) is 26.2 Å². The maximum absolute atomic E-state index is 10.9. The van der Waals surface area contributed by atoms with Gasteiger partial charge in [0.2, 0.25) is 0 Å². The molecule has 0 unspecified atom stereocenters. The van der Waals surface area contributed by atoms with Crippen LogP contribution in [0.1, 0.15) is 12.0 Å². The van der Waals surface area contributed by atoms with Gasteiger partial charge in [0.1, 0.15) is 9.84 Å². The Bertz CT molecular complexity index is 489. The van der Waals surface area contributed by atoms with E-state index in [9.17, 15) is 8.42 Å². The van der Waals surface area contributed by atoms with Gasteiger partial charge in [-0.2, -0.15) is 5.26 Å². The highest BCUT2D eigenvalue weighted by molar-refractivity contribution is 7.99. The molecule has 0 bridgehead atoms. The van der Waals surface area contributed by atoms with Crippen molar-refractivity contribution < 1.29 is 8.42 Å². The molecule has 1 rings (SSSR count). The molecule has 0 saturated heterocycles. The van der Waals surface area contributed by atoms with Crippen LogP contribution in [0, 0.1) is 11.3 Å². The third-order valence-corrected chi connectivity index (χ3v) is 4.00. The van der Waals surface area contributed by atoms with Gasteiger partial charge in [-0.25, -0.2) is 8.42 Å². The number of benzene rings is 1. The standard InChI is InChI=1S/C11H13NO2S2/c1-16(13,14)7-3-6-15-11-5-2-4-10(8-11)9-12/h2,4-5,8H,3,6-7H2,1H3. The summed E-state index contributed by atoms with van der Waals surface area (Å²) in [7, 11) is -2.86. The molecule has 0 aliphatic carbocycles. The smallest absolute Gasteiger partial charge is 0.147 e. The fourth-order valence-electron chi connectivity index (χ4n) is 1.17. The molecule has 5 heteroatoms. The lowest BCUT2D eigenvalue weighted by Gasteiger charge is -2.01. The normalized spacial score (nSPS) is 11.0. The molecule has 0 aliphatic rings. The maximum atomic E-state index is 10.9. The number of sulfone groups is 1. The predicted octanol–water partition coefficient (Wildman–Crippen LogP) is 2.09. The zero-order valence-electron chi connectivity index (χ0n) is 9.01. The molecule has 0 heterocycles. The van der Waals surface area contributed by atoms with Crippen molar-refractivity contribution in [1.29, 1.82) is 5.26 Å². The molecule has 0 fully saturated rings. The van der Waals surface area contributed by atoms with E-state index >= 15 is 0 Å². The summed E-state index contributed by atoms with van der Waals surface area (Å²) in [6.45, 7) is 0. The van der Waals surface area contributed by atoms with Crippen LogP contribution in [0.15, 0.2) is 29.2 Å². The monoisotopic (exact) mass is 255 g/mol. The molecular formula is C11H13NO2S2. The fourth-order valence-corrected chi connectivity index (χ4v) is 2.93. The van der Waals surface area contributed by atoms with E-state index in [2.05, 4.69) is 6.07 Å². The van der Waals surface area contributed by atoms with E-state index in [1.165, 1.54) is 6.26 Å². The first-order valence-corrected chi connectivity index (χ1v) is 7.86. The first-order valence-electron chi connectivity index (χ1n) is 4.82. The minimum Gasteiger partial charge on any atom is -0.229 e. The second kappa shape index (κ2) is 5.92. The summed E-state index contributed by atoms with van der Waals surface area (Å²) in [5.41, 5.74) is 0.633. The SMILES string of the molecule is CS(=O)(=O)CCCSc1cccc(C#N)c1. The van der Waals surface area contributed by atoms with Crippen molar-refractivity contribution in [3.05, 3.63) is 29.8 Å². The average Bonchev–Trinajstić information content (AvgIpc) is 2.23. The van der Waals surface area contributed by atoms with Crippen LogP contribution in [0.25, 0.3) is 0 Å². The Kier molecular flexibility index (Phi) is 4.84. The molecule has 0 saturated carbocycles. The van der Waals surface area contributed by atoms with Gasteiger partial charge in [0.25, 0.3) is 0 Å². The van der Waals surface area contributed by atoms with Gasteiger partial charge in [0.15, 0.2) is 0 Å². The zero-order valence-corrected chi connectivity index (χ0v) is 10.6. The van der Waals surface area contributed by atoms with Crippen LogP contribution in [0.3, 0.4) is 0 Å². The third kappa shape index (κ3) is 5.19. The Morgan fingerprint density at radius 2 is 2.19 bits per heavy atom. The van der Waals surface area contributed by atoms with Crippen molar-refractivity contribution in [2.45, 2.75) is 11.3 Å². The van der Waals surface area contributed by atoms with Gasteiger partial charge in [-0.15, -0.1) is 11.8 Å². The summed E-state index contributed by atoms with van der Waals surface area (Å²) in [4.78, 5) is 1.01. The highest BCUT2D eigenvalue weighted by Gasteiger charge is 2.02. The molecule has 1 aromatic carbocycles. The third-order valence-electron chi connectivity index (χ3n) is 1.89. The number of nitriles is 1. The van der Waals surface area contributed by atoms with Gasteiger partial charge in [0.05, 0.1) is 17.4 Å². The van der Waals surface area contributed by atoms with E-state index in [0.717, 1.165) is 10.6 Å². The Balaban J connectivity index is 2.41. The molecular weight excluding hydrogens is 242 g/mol. The molecule has 1 aromatic rings. The molecule has 0 N–H and O–H groups in total. The summed E-state index contributed by atoms with van der Waals surface area (Å²) in [5, 5.41) is 8.70. The summed E-state index contributed by atoms with van der Waals surface area (Å²) < 4.78 is 21.8. The minimum absolute atomic E-state index is 0.220. The first-order chi connectivity index (χ1) is 7.51. The topological polar surface area (TPSA) is 57.9 Å². The molecule has 16 heavy (non-hydrogen) atoms. The maximum Gasteiger partial charge on any atom is 0.147 e. The van der Waals surface area contributed by atoms with E-state index in [1.54, 1.807) is 17.8 Å². The number of thioether (sulfide) groups is 1. The van der Waals surface area contributed by atoms with Crippen molar-refractivity contribution in [3.63, 3.8) is 0 Å². The van der Waals surface area contributed by atoms with E-state index < -0.39 is 9.84 Å². The lowest BCUT2D eigenvalue weighted by atomic mass is 10.2. The summed E-state index contributed by atoms with van der Waals surface area (Å²) in [5.74, 6) is 0.972. The van der Waals surface area contributed by atoms with Crippen LogP contribution in [0.5, 0.6) is 0 Å². The molecule has 3 nitrogen and oxygen atoms in total. The number of nitrogens with zero attached hydrogens (tertiary/aromatic N) is 1. The van der Waals surface area contributed by atoms with E-state index in [1.807, 2.05) is 18.2 Å². The van der Waals surface area contributed by atoms with Gasteiger partial charge < -0.3 is 0 Å².